The Morgan fingerprint density at radius 2 is 1.74 bits per heavy atom. The second-order valence-electron chi connectivity index (χ2n) is 4.22. The van der Waals surface area contributed by atoms with Gasteiger partial charge in [-0.3, -0.25) is 9.59 Å². The maximum absolute atomic E-state index is 11.0. The highest BCUT2D eigenvalue weighted by atomic mass is 16.6. The van der Waals surface area contributed by atoms with E-state index in [0.29, 0.717) is 0 Å². The highest BCUT2D eigenvalue weighted by Crippen LogP contribution is 2.23. The van der Waals surface area contributed by atoms with Gasteiger partial charge >= 0.3 is 11.9 Å². The number of carbonyl (C=O) groups is 2. The summed E-state index contributed by atoms with van der Waals surface area (Å²) in [6.07, 6.45) is -1.95. The molecule has 1 fully saturated rings. The van der Waals surface area contributed by atoms with Crippen LogP contribution < -0.4 is 0 Å². The Balaban J connectivity index is 2.69. The van der Waals surface area contributed by atoms with E-state index in [2.05, 4.69) is 0 Å². The standard InChI is InChI=1S/C12H20O7/c1-7(13)17-5-9-11(15-3)12(16-4)10(6-18-9)19-8(2)14/h9-12H,5-6H2,1-4H3/t9-,10+,11+,12-/m1/s1. The smallest absolute Gasteiger partial charge is 0.303 e. The summed E-state index contributed by atoms with van der Waals surface area (Å²) in [4.78, 5) is 21.8. The zero-order chi connectivity index (χ0) is 14.4. The molecule has 0 aliphatic carbocycles. The van der Waals surface area contributed by atoms with E-state index in [1.165, 1.54) is 28.1 Å². The summed E-state index contributed by atoms with van der Waals surface area (Å²) >= 11 is 0. The molecule has 0 spiro atoms. The van der Waals surface area contributed by atoms with Crippen molar-refractivity contribution < 1.29 is 33.3 Å². The number of methoxy groups -OCH3 is 2. The van der Waals surface area contributed by atoms with E-state index in [4.69, 9.17) is 23.7 Å². The summed E-state index contributed by atoms with van der Waals surface area (Å²) in [6, 6.07) is 0. The van der Waals surface area contributed by atoms with E-state index in [1.54, 1.807) is 0 Å². The fraction of sp³-hybridized carbons (Fsp3) is 0.833. The van der Waals surface area contributed by atoms with Crippen molar-refractivity contribution in [2.75, 3.05) is 27.4 Å². The fourth-order valence-corrected chi connectivity index (χ4v) is 2.06. The molecule has 4 atom stereocenters. The summed E-state index contributed by atoms with van der Waals surface area (Å²) in [5.74, 6) is -0.807. The van der Waals surface area contributed by atoms with Crippen LogP contribution in [0, 0.1) is 0 Å². The Kier molecular flexibility index (Phi) is 6.20. The summed E-state index contributed by atoms with van der Waals surface area (Å²) in [5.41, 5.74) is 0. The zero-order valence-corrected chi connectivity index (χ0v) is 11.6. The molecule has 0 aromatic heterocycles. The molecular formula is C12H20O7. The molecule has 0 bridgehead atoms. The Morgan fingerprint density at radius 1 is 1.11 bits per heavy atom. The van der Waals surface area contributed by atoms with Crippen molar-refractivity contribution in [3.63, 3.8) is 0 Å². The molecule has 110 valence electrons. The predicted molar refractivity (Wildman–Crippen MR) is 63.5 cm³/mol. The lowest BCUT2D eigenvalue weighted by atomic mass is 10.00. The third-order valence-electron chi connectivity index (χ3n) is 2.84. The van der Waals surface area contributed by atoms with Gasteiger partial charge in [0.05, 0.1) is 6.61 Å². The zero-order valence-electron chi connectivity index (χ0n) is 11.6. The van der Waals surface area contributed by atoms with E-state index >= 15 is 0 Å². The highest BCUT2D eigenvalue weighted by Gasteiger charge is 2.43. The van der Waals surface area contributed by atoms with E-state index < -0.39 is 36.4 Å². The van der Waals surface area contributed by atoms with Gasteiger partial charge in [0.25, 0.3) is 0 Å². The lowest BCUT2D eigenvalue weighted by Crippen LogP contribution is -2.57. The van der Waals surface area contributed by atoms with Crippen LogP contribution in [0.5, 0.6) is 0 Å². The van der Waals surface area contributed by atoms with E-state index in [-0.39, 0.29) is 13.2 Å². The van der Waals surface area contributed by atoms with Gasteiger partial charge in [-0.25, -0.2) is 0 Å². The summed E-state index contributed by atoms with van der Waals surface area (Å²) in [7, 11) is 3.00. The molecule has 0 aromatic carbocycles. The van der Waals surface area contributed by atoms with Crippen LogP contribution in [-0.4, -0.2) is 63.8 Å². The number of rotatable bonds is 5. The molecule has 7 nitrogen and oxygen atoms in total. The molecule has 0 amide bonds. The van der Waals surface area contributed by atoms with Crippen LogP contribution in [-0.2, 0) is 33.3 Å². The number of hydrogen-bond donors (Lipinski definition) is 0. The third kappa shape index (κ3) is 4.45. The maximum Gasteiger partial charge on any atom is 0.303 e. The Labute approximate surface area is 112 Å². The van der Waals surface area contributed by atoms with E-state index in [9.17, 15) is 9.59 Å². The Morgan fingerprint density at radius 3 is 2.21 bits per heavy atom. The van der Waals surface area contributed by atoms with Gasteiger partial charge in [0.2, 0.25) is 0 Å². The molecule has 0 unspecified atom stereocenters. The monoisotopic (exact) mass is 276 g/mol. The summed E-state index contributed by atoms with van der Waals surface area (Å²) in [6.45, 7) is 2.88. The average Bonchev–Trinajstić information content (AvgIpc) is 2.35. The van der Waals surface area contributed by atoms with Crippen molar-refractivity contribution in [2.24, 2.45) is 0 Å². The van der Waals surface area contributed by atoms with Crippen LogP contribution in [0.25, 0.3) is 0 Å². The first-order valence-electron chi connectivity index (χ1n) is 5.97. The number of esters is 2. The molecule has 1 aliphatic heterocycles. The minimum Gasteiger partial charge on any atom is -0.463 e. The maximum atomic E-state index is 11.0. The minimum absolute atomic E-state index is 0.0699. The first-order valence-corrected chi connectivity index (χ1v) is 5.97. The molecule has 1 heterocycles. The first-order chi connectivity index (χ1) is 8.99. The molecular weight excluding hydrogens is 256 g/mol. The highest BCUT2D eigenvalue weighted by molar-refractivity contribution is 5.66. The summed E-state index contributed by atoms with van der Waals surface area (Å²) < 4.78 is 26.2. The molecule has 1 saturated heterocycles. The van der Waals surface area contributed by atoms with Gasteiger partial charge in [0.1, 0.15) is 24.9 Å². The second kappa shape index (κ2) is 7.42. The van der Waals surface area contributed by atoms with Crippen LogP contribution in [0.2, 0.25) is 0 Å². The molecule has 1 rings (SSSR count). The molecule has 0 radical (unpaired) electrons. The van der Waals surface area contributed by atoms with Crippen LogP contribution >= 0.6 is 0 Å². The van der Waals surface area contributed by atoms with Gasteiger partial charge in [-0.05, 0) is 0 Å². The van der Waals surface area contributed by atoms with Crippen LogP contribution in [0.3, 0.4) is 0 Å². The molecule has 0 saturated carbocycles. The van der Waals surface area contributed by atoms with Crippen molar-refractivity contribution in [2.45, 2.75) is 38.3 Å². The third-order valence-corrected chi connectivity index (χ3v) is 2.84. The van der Waals surface area contributed by atoms with Gasteiger partial charge in [-0.15, -0.1) is 0 Å². The van der Waals surface area contributed by atoms with Crippen LogP contribution in [0.4, 0.5) is 0 Å². The van der Waals surface area contributed by atoms with Crippen molar-refractivity contribution in [1.82, 2.24) is 0 Å². The number of carbonyl (C=O) groups excluding carboxylic acids is 2. The van der Waals surface area contributed by atoms with Gasteiger partial charge in [-0.2, -0.15) is 0 Å². The topological polar surface area (TPSA) is 80.3 Å². The van der Waals surface area contributed by atoms with Gasteiger partial charge in [0, 0.05) is 28.1 Å². The number of hydrogen-bond acceptors (Lipinski definition) is 7. The Hall–Kier alpha value is -1.18. The SMILES string of the molecule is CO[C@@H]1[C@H](OC)[C@@H](OC(C)=O)CO[C@@H]1COC(C)=O. The van der Waals surface area contributed by atoms with E-state index in [0.717, 1.165) is 0 Å². The van der Waals surface area contributed by atoms with E-state index in [1.807, 2.05) is 0 Å². The lowest BCUT2D eigenvalue weighted by Gasteiger charge is -2.40. The quantitative estimate of drug-likeness (QED) is 0.649. The molecule has 0 aromatic rings. The molecule has 1 aliphatic rings. The van der Waals surface area contributed by atoms with Crippen molar-refractivity contribution in [1.29, 1.82) is 0 Å². The molecule has 0 N–H and O–H groups in total. The fourth-order valence-electron chi connectivity index (χ4n) is 2.06. The minimum atomic E-state index is -0.541. The van der Waals surface area contributed by atoms with Crippen LogP contribution in [0.15, 0.2) is 0 Å². The average molecular weight is 276 g/mol. The normalized spacial score (nSPS) is 30.7. The van der Waals surface area contributed by atoms with Crippen molar-refractivity contribution >= 4 is 11.9 Å². The van der Waals surface area contributed by atoms with Gasteiger partial charge in [0.15, 0.2) is 6.10 Å². The number of ether oxygens (including phenoxy) is 5. The van der Waals surface area contributed by atoms with Crippen molar-refractivity contribution in [3.8, 4) is 0 Å². The summed E-state index contributed by atoms with van der Waals surface area (Å²) in [5, 5.41) is 0. The predicted octanol–water partition coefficient (Wildman–Crippen LogP) is -0.0900. The van der Waals surface area contributed by atoms with Gasteiger partial charge in [-0.1, -0.05) is 0 Å². The lowest BCUT2D eigenvalue weighted by molar-refractivity contribution is -0.224. The molecule has 7 heteroatoms. The molecule has 19 heavy (non-hydrogen) atoms. The second-order valence-corrected chi connectivity index (χ2v) is 4.22. The Bertz CT molecular complexity index is 317. The largest absolute Gasteiger partial charge is 0.463 e. The van der Waals surface area contributed by atoms with Gasteiger partial charge < -0.3 is 23.7 Å². The van der Waals surface area contributed by atoms with Crippen molar-refractivity contribution in [3.05, 3.63) is 0 Å². The first kappa shape index (κ1) is 15.9. The van der Waals surface area contributed by atoms with Crippen LogP contribution in [0.1, 0.15) is 13.8 Å².